The topological polar surface area (TPSA) is 83.8 Å². The summed E-state index contributed by atoms with van der Waals surface area (Å²) in [5.41, 5.74) is 7.90. The van der Waals surface area contributed by atoms with Crippen LogP contribution in [0, 0.1) is 6.92 Å². The van der Waals surface area contributed by atoms with Crippen molar-refractivity contribution in [3.8, 4) is 0 Å². The highest BCUT2D eigenvalue weighted by atomic mass is 32.2. The molecule has 1 saturated carbocycles. The van der Waals surface area contributed by atoms with Crippen LogP contribution in [0.4, 0.5) is 5.82 Å². The van der Waals surface area contributed by atoms with Crippen LogP contribution < -0.4 is 16.6 Å². The second-order valence-electron chi connectivity index (χ2n) is 5.32. The van der Waals surface area contributed by atoms with Gasteiger partial charge in [0.05, 0.1) is 0 Å². The largest absolute Gasteiger partial charge is 0.383 e. The molecular formula is C15H18N4OS. The Morgan fingerprint density at radius 2 is 2.24 bits per heavy atom. The van der Waals surface area contributed by atoms with Gasteiger partial charge in [-0.2, -0.15) is 0 Å². The van der Waals surface area contributed by atoms with Gasteiger partial charge in [-0.3, -0.25) is 4.79 Å². The first-order chi connectivity index (χ1) is 10.1. The second kappa shape index (κ2) is 5.91. The number of nitrogens with two attached hydrogens (primary N) is 1. The monoisotopic (exact) mass is 302 g/mol. The van der Waals surface area contributed by atoms with E-state index in [4.69, 9.17) is 5.73 Å². The van der Waals surface area contributed by atoms with Crippen LogP contribution in [0.15, 0.2) is 39.1 Å². The van der Waals surface area contributed by atoms with Gasteiger partial charge in [0.1, 0.15) is 5.82 Å². The van der Waals surface area contributed by atoms with Crippen molar-refractivity contribution in [3.05, 3.63) is 45.7 Å². The van der Waals surface area contributed by atoms with Gasteiger partial charge >= 0.3 is 0 Å². The number of aromatic amines is 1. The van der Waals surface area contributed by atoms with Crippen molar-refractivity contribution in [3.63, 3.8) is 0 Å². The van der Waals surface area contributed by atoms with Gasteiger partial charge < -0.3 is 16.0 Å². The molecule has 0 saturated heterocycles. The highest BCUT2D eigenvalue weighted by Gasteiger charge is 2.20. The Hall–Kier alpha value is -1.79. The maximum atomic E-state index is 11.4. The predicted octanol–water partition coefficient (Wildman–Crippen LogP) is 2.06. The van der Waals surface area contributed by atoms with Crippen molar-refractivity contribution >= 4 is 17.6 Å². The highest BCUT2D eigenvalue weighted by molar-refractivity contribution is 7.99. The average molecular weight is 302 g/mol. The lowest BCUT2D eigenvalue weighted by Gasteiger charge is -2.09. The Bertz CT molecular complexity index is 709. The minimum atomic E-state index is -0.230. The molecule has 0 amide bonds. The molecule has 1 heterocycles. The van der Waals surface area contributed by atoms with E-state index in [1.807, 2.05) is 6.07 Å². The molecule has 0 spiro atoms. The van der Waals surface area contributed by atoms with E-state index in [2.05, 4.69) is 34.3 Å². The fourth-order valence-electron chi connectivity index (χ4n) is 2.09. The van der Waals surface area contributed by atoms with E-state index in [-0.39, 0.29) is 11.4 Å². The zero-order valence-corrected chi connectivity index (χ0v) is 12.7. The standard InChI is InChI=1S/C15H18N4OS/c1-9-6-12(5-2-10(9)8-17-11-3-4-11)21-15-18-13(16)7-14(20)19-15/h2,5-7,11,17H,3-4,8H2,1H3,(H3,16,18,19,20). The maximum Gasteiger partial charge on any atom is 0.253 e. The molecule has 1 fully saturated rings. The Morgan fingerprint density at radius 1 is 1.43 bits per heavy atom. The van der Waals surface area contributed by atoms with Gasteiger partial charge in [-0.05, 0) is 43.0 Å². The van der Waals surface area contributed by atoms with Crippen molar-refractivity contribution in [2.45, 2.75) is 42.4 Å². The molecule has 2 aromatic rings. The number of anilines is 1. The van der Waals surface area contributed by atoms with E-state index in [1.165, 1.54) is 41.8 Å². The first-order valence-corrected chi connectivity index (χ1v) is 7.79. The summed E-state index contributed by atoms with van der Waals surface area (Å²) in [4.78, 5) is 19.2. The summed E-state index contributed by atoms with van der Waals surface area (Å²) in [7, 11) is 0. The molecular weight excluding hydrogens is 284 g/mol. The molecule has 0 aliphatic heterocycles. The summed E-state index contributed by atoms with van der Waals surface area (Å²) in [5, 5.41) is 4.03. The fraction of sp³-hybridized carbons (Fsp3) is 0.333. The number of benzene rings is 1. The zero-order chi connectivity index (χ0) is 14.8. The van der Waals surface area contributed by atoms with E-state index in [9.17, 15) is 4.79 Å². The van der Waals surface area contributed by atoms with Crippen LogP contribution >= 0.6 is 11.8 Å². The summed E-state index contributed by atoms with van der Waals surface area (Å²) < 4.78 is 0. The number of hydrogen-bond acceptors (Lipinski definition) is 5. The molecule has 6 heteroatoms. The number of nitrogens with zero attached hydrogens (tertiary/aromatic N) is 1. The van der Waals surface area contributed by atoms with Gasteiger partial charge in [0.2, 0.25) is 0 Å². The van der Waals surface area contributed by atoms with E-state index >= 15 is 0 Å². The second-order valence-corrected chi connectivity index (χ2v) is 6.38. The van der Waals surface area contributed by atoms with Crippen LogP contribution in [0.25, 0.3) is 0 Å². The van der Waals surface area contributed by atoms with E-state index in [0.29, 0.717) is 11.2 Å². The van der Waals surface area contributed by atoms with Gasteiger partial charge in [-0.1, -0.05) is 17.8 Å². The van der Waals surface area contributed by atoms with Crippen molar-refractivity contribution in [1.82, 2.24) is 15.3 Å². The molecule has 1 aromatic carbocycles. The molecule has 0 bridgehead atoms. The molecule has 0 radical (unpaired) electrons. The third-order valence-electron chi connectivity index (χ3n) is 3.43. The van der Waals surface area contributed by atoms with Crippen LogP contribution in [0.2, 0.25) is 0 Å². The maximum absolute atomic E-state index is 11.4. The van der Waals surface area contributed by atoms with E-state index < -0.39 is 0 Å². The molecule has 5 nitrogen and oxygen atoms in total. The van der Waals surface area contributed by atoms with Gasteiger partial charge in [0.25, 0.3) is 5.56 Å². The zero-order valence-electron chi connectivity index (χ0n) is 11.8. The van der Waals surface area contributed by atoms with Crippen LogP contribution in [-0.2, 0) is 6.54 Å². The van der Waals surface area contributed by atoms with Crippen LogP contribution in [0.1, 0.15) is 24.0 Å². The summed E-state index contributed by atoms with van der Waals surface area (Å²) in [6.45, 7) is 3.01. The molecule has 0 unspecified atom stereocenters. The number of aryl methyl sites for hydroxylation is 1. The van der Waals surface area contributed by atoms with E-state index in [1.54, 1.807) is 0 Å². The lowest BCUT2D eigenvalue weighted by molar-refractivity contribution is 0.685. The van der Waals surface area contributed by atoms with Crippen molar-refractivity contribution in [2.24, 2.45) is 0 Å². The fourth-order valence-corrected chi connectivity index (χ4v) is 2.98. The summed E-state index contributed by atoms with van der Waals surface area (Å²) in [5.74, 6) is 0.239. The summed E-state index contributed by atoms with van der Waals surface area (Å²) in [6.07, 6.45) is 2.59. The average Bonchev–Trinajstić information content (AvgIpc) is 3.20. The smallest absolute Gasteiger partial charge is 0.253 e. The first-order valence-electron chi connectivity index (χ1n) is 6.98. The highest BCUT2D eigenvalue weighted by Crippen LogP contribution is 2.27. The molecule has 110 valence electrons. The molecule has 3 rings (SSSR count). The van der Waals surface area contributed by atoms with E-state index in [0.717, 1.165) is 11.4 Å². The number of rotatable bonds is 5. The normalized spacial score (nSPS) is 14.3. The van der Waals surface area contributed by atoms with Crippen molar-refractivity contribution in [1.29, 1.82) is 0 Å². The van der Waals surface area contributed by atoms with Crippen molar-refractivity contribution < 1.29 is 0 Å². The summed E-state index contributed by atoms with van der Waals surface area (Å²) >= 11 is 1.41. The molecule has 1 aliphatic carbocycles. The van der Waals surface area contributed by atoms with Crippen LogP contribution in [0.3, 0.4) is 0 Å². The Kier molecular flexibility index (Phi) is 3.98. The molecule has 4 N–H and O–H groups in total. The summed E-state index contributed by atoms with van der Waals surface area (Å²) in [6, 6.07) is 8.27. The van der Waals surface area contributed by atoms with Crippen LogP contribution in [0.5, 0.6) is 0 Å². The van der Waals surface area contributed by atoms with Gasteiger partial charge in [-0.15, -0.1) is 0 Å². The lowest BCUT2D eigenvalue weighted by Crippen LogP contribution is -2.15. The SMILES string of the molecule is Cc1cc(Sc2nc(N)cc(=O)[nH]2)ccc1CNC1CC1. The first kappa shape index (κ1) is 14.2. The number of H-pyrrole nitrogens is 1. The molecule has 21 heavy (non-hydrogen) atoms. The minimum Gasteiger partial charge on any atom is -0.383 e. The Labute approximate surface area is 127 Å². The van der Waals surface area contributed by atoms with Gasteiger partial charge in [0, 0.05) is 23.5 Å². The molecule has 1 aliphatic rings. The third-order valence-corrected chi connectivity index (χ3v) is 4.30. The Balaban J connectivity index is 1.73. The molecule has 1 aromatic heterocycles. The number of aromatic nitrogens is 2. The van der Waals surface area contributed by atoms with Crippen molar-refractivity contribution in [2.75, 3.05) is 5.73 Å². The van der Waals surface area contributed by atoms with Crippen LogP contribution in [-0.4, -0.2) is 16.0 Å². The number of hydrogen-bond donors (Lipinski definition) is 3. The quantitative estimate of drug-likeness (QED) is 0.736. The minimum absolute atomic E-state index is 0.230. The number of nitrogens with one attached hydrogen (secondary N) is 2. The lowest BCUT2D eigenvalue weighted by atomic mass is 10.1. The van der Waals surface area contributed by atoms with Gasteiger partial charge in [-0.25, -0.2) is 4.98 Å². The Morgan fingerprint density at radius 3 is 2.90 bits per heavy atom. The third kappa shape index (κ3) is 3.86. The van der Waals surface area contributed by atoms with Gasteiger partial charge in [0.15, 0.2) is 5.16 Å². The number of nitrogen functional groups attached to an aromatic ring is 1. The molecule has 0 atom stereocenters. The predicted molar refractivity (Wildman–Crippen MR) is 84.4 cm³/mol.